The summed E-state index contributed by atoms with van der Waals surface area (Å²) in [7, 11) is 0. The molecule has 104 valence electrons. The number of rotatable bonds is 0. The van der Waals surface area contributed by atoms with E-state index in [1.807, 2.05) is 6.08 Å². The third kappa shape index (κ3) is 14.6. The molecular formula is C16H25ClHfSi. The fourth-order valence-corrected chi connectivity index (χ4v) is 1.50. The van der Waals surface area contributed by atoms with Gasteiger partial charge in [-0.15, -0.1) is 25.8 Å². The van der Waals surface area contributed by atoms with Crippen LogP contribution in [-0.4, -0.2) is 5.49 Å². The van der Waals surface area contributed by atoms with Crippen LogP contribution in [0.2, 0.25) is 13.1 Å². The molecule has 2 rings (SSSR count). The SMILES string of the molecule is CC1=CC(C)[C-]=C1.CC1=[C-]CC(C)=C1.C[Si](C)=[Hf+2].Cl. The Bertz CT molecular complexity index is 399. The summed E-state index contributed by atoms with van der Waals surface area (Å²) in [5.41, 5.74) is 4.32. The Kier molecular flexibility index (Phi) is 13.8. The third-order valence-corrected chi connectivity index (χ3v) is 2.20. The minimum atomic E-state index is 0. The Morgan fingerprint density at radius 1 is 1.26 bits per heavy atom. The summed E-state index contributed by atoms with van der Waals surface area (Å²) in [5.74, 6) is 0.556. The second-order valence-corrected chi connectivity index (χ2v) is 17.8. The van der Waals surface area contributed by atoms with Crippen molar-refractivity contribution in [1.29, 1.82) is 0 Å². The minimum absolute atomic E-state index is 0. The van der Waals surface area contributed by atoms with Gasteiger partial charge in [0.25, 0.3) is 0 Å². The van der Waals surface area contributed by atoms with Crippen molar-refractivity contribution < 1.29 is 23.0 Å². The van der Waals surface area contributed by atoms with E-state index in [0.717, 1.165) is 6.42 Å². The monoisotopic (exact) mass is 460 g/mol. The van der Waals surface area contributed by atoms with Crippen LogP contribution in [0.3, 0.4) is 0 Å². The Hall–Kier alpha value is 0.337. The summed E-state index contributed by atoms with van der Waals surface area (Å²) in [6.07, 6.45) is 13.8. The predicted octanol–water partition coefficient (Wildman–Crippen LogP) is 5.23. The molecule has 0 aromatic carbocycles. The van der Waals surface area contributed by atoms with Crippen molar-refractivity contribution in [3.63, 3.8) is 0 Å². The van der Waals surface area contributed by atoms with E-state index in [9.17, 15) is 0 Å². The van der Waals surface area contributed by atoms with Crippen molar-refractivity contribution in [2.75, 3.05) is 0 Å². The average molecular weight is 459 g/mol. The molecule has 0 heterocycles. The fraction of sp³-hybridized carbons (Fsp3) is 0.500. The molecule has 0 fully saturated rings. The first-order valence-corrected chi connectivity index (χ1v) is 14.2. The van der Waals surface area contributed by atoms with Gasteiger partial charge in [0.15, 0.2) is 0 Å². The molecule has 19 heavy (non-hydrogen) atoms. The van der Waals surface area contributed by atoms with Crippen LogP contribution >= 0.6 is 12.4 Å². The Morgan fingerprint density at radius 2 is 1.79 bits per heavy atom. The molecule has 0 nitrogen and oxygen atoms in total. The second kappa shape index (κ2) is 12.1. The third-order valence-electron chi connectivity index (χ3n) is 2.20. The standard InChI is InChI=1S/2C7H9.C2H6Si.ClH.Hf/c2*1-6-3-4-7(2)5-6;1-3-2;;/h5H,3H2,1-2H3;3,5,7H,1-2H3;1-2H3;1H;/q2*-1;;;+2. The molecule has 2 aliphatic carbocycles. The van der Waals surface area contributed by atoms with Crippen molar-refractivity contribution in [2.24, 2.45) is 5.92 Å². The molecule has 0 bridgehead atoms. The molecule has 0 aliphatic heterocycles. The molecule has 0 saturated heterocycles. The molecule has 0 N–H and O–H groups in total. The van der Waals surface area contributed by atoms with E-state index < -0.39 is 0 Å². The first-order valence-electron chi connectivity index (χ1n) is 6.35. The minimum Gasteiger partial charge on any atom is -0.147 e. The van der Waals surface area contributed by atoms with Gasteiger partial charge >= 0.3 is 41.6 Å². The number of halogens is 1. The topological polar surface area (TPSA) is 0 Å². The summed E-state index contributed by atoms with van der Waals surface area (Å²) in [4.78, 5) is 0. The fourth-order valence-electron chi connectivity index (χ4n) is 1.50. The van der Waals surface area contributed by atoms with Crippen molar-refractivity contribution in [3.05, 3.63) is 47.1 Å². The number of hydrogen-bond donors (Lipinski definition) is 0. The molecule has 3 heteroatoms. The first kappa shape index (κ1) is 21.6. The van der Waals surface area contributed by atoms with E-state index in [1.165, 1.54) is 39.7 Å². The van der Waals surface area contributed by atoms with Crippen LogP contribution in [0.1, 0.15) is 34.1 Å². The molecule has 0 spiro atoms. The molecule has 1 unspecified atom stereocenters. The van der Waals surface area contributed by atoms with E-state index in [2.05, 4.69) is 65.1 Å². The van der Waals surface area contributed by atoms with Gasteiger partial charge < -0.3 is 0 Å². The normalized spacial score (nSPS) is 18.9. The maximum absolute atomic E-state index is 3.19. The Labute approximate surface area is 140 Å². The van der Waals surface area contributed by atoms with Crippen LogP contribution in [0.4, 0.5) is 0 Å². The van der Waals surface area contributed by atoms with Gasteiger partial charge in [0, 0.05) is 0 Å². The smallest absolute Gasteiger partial charge is 0.147 e. The van der Waals surface area contributed by atoms with Gasteiger partial charge in [0.1, 0.15) is 0 Å². The van der Waals surface area contributed by atoms with Gasteiger partial charge in [-0.25, -0.2) is 23.3 Å². The largest absolute Gasteiger partial charge is 0.147 e. The van der Waals surface area contributed by atoms with Crippen molar-refractivity contribution >= 4 is 17.9 Å². The van der Waals surface area contributed by atoms with Crippen LogP contribution < -0.4 is 0 Å². The van der Waals surface area contributed by atoms with E-state index in [1.54, 1.807) is 0 Å². The van der Waals surface area contributed by atoms with E-state index in [4.69, 9.17) is 0 Å². The number of allylic oxidation sites excluding steroid dienone is 8. The maximum Gasteiger partial charge on any atom is -0.147 e. The zero-order chi connectivity index (χ0) is 14.1. The summed E-state index contributed by atoms with van der Waals surface area (Å²) in [6, 6.07) is 0. The van der Waals surface area contributed by atoms with Gasteiger partial charge in [0.2, 0.25) is 0 Å². The maximum atomic E-state index is 3.19. The van der Waals surface area contributed by atoms with Gasteiger partial charge in [-0.2, -0.15) is 11.6 Å². The van der Waals surface area contributed by atoms with Gasteiger partial charge in [-0.3, -0.25) is 12.2 Å². The molecule has 0 saturated carbocycles. The quantitative estimate of drug-likeness (QED) is 0.344. The van der Waals surface area contributed by atoms with Gasteiger partial charge in [-0.1, -0.05) is 26.7 Å². The van der Waals surface area contributed by atoms with Crippen molar-refractivity contribution in [2.45, 2.75) is 47.2 Å². The molecule has 0 aromatic rings. The van der Waals surface area contributed by atoms with Crippen LogP contribution in [-0.2, 0) is 23.0 Å². The molecule has 0 aromatic heterocycles. The van der Waals surface area contributed by atoms with E-state index in [0.29, 0.717) is 5.92 Å². The predicted molar refractivity (Wildman–Crippen MR) is 86.3 cm³/mol. The molecule has 1 atom stereocenters. The number of hydrogen-bond acceptors (Lipinski definition) is 0. The van der Waals surface area contributed by atoms with Crippen molar-refractivity contribution in [1.82, 2.24) is 0 Å². The van der Waals surface area contributed by atoms with Crippen LogP contribution in [0.15, 0.2) is 34.9 Å². The zero-order valence-corrected chi connectivity index (χ0v) is 18.3. The van der Waals surface area contributed by atoms with E-state index >= 15 is 0 Å². The van der Waals surface area contributed by atoms with Crippen LogP contribution in [0.25, 0.3) is 0 Å². The summed E-state index contributed by atoms with van der Waals surface area (Å²) >= 11 is 1.45. The van der Waals surface area contributed by atoms with Gasteiger partial charge in [-0.05, 0) is 0 Å². The summed E-state index contributed by atoms with van der Waals surface area (Å²) < 4.78 is 0. The second-order valence-electron chi connectivity index (χ2n) is 5.04. The van der Waals surface area contributed by atoms with Crippen LogP contribution in [0, 0.1) is 18.1 Å². The molecule has 0 amide bonds. The average Bonchev–Trinajstić information content (AvgIpc) is 2.76. The van der Waals surface area contributed by atoms with E-state index in [-0.39, 0.29) is 17.9 Å². The Balaban J connectivity index is 0. The summed E-state index contributed by atoms with van der Waals surface area (Å²) in [5, 5.41) is 0. The van der Waals surface area contributed by atoms with Crippen LogP contribution in [0.5, 0.6) is 0 Å². The van der Waals surface area contributed by atoms with Crippen molar-refractivity contribution in [3.8, 4) is 0 Å². The molecular weight excluding hydrogens is 434 g/mol. The first-order chi connectivity index (χ1) is 8.31. The Morgan fingerprint density at radius 3 is 1.89 bits per heavy atom. The van der Waals surface area contributed by atoms with Gasteiger partial charge in [0.05, 0.1) is 0 Å². The molecule has 0 radical (unpaired) electrons. The summed E-state index contributed by atoms with van der Waals surface area (Å²) in [6.45, 7) is 13.1. The zero-order valence-electron chi connectivity index (χ0n) is 12.9. The molecule has 2 aliphatic rings.